The number of anilines is 1. The van der Waals surface area contributed by atoms with Crippen LogP contribution in [-0.2, 0) is 9.47 Å². The quantitative estimate of drug-likeness (QED) is 0.284. The molecule has 6 nitrogen and oxygen atoms in total. The van der Waals surface area contributed by atoms with Crippen molar-refractivity contribution in [3.8, 4) is 5.75 Å². The van der Waals surface area contributed by atoms with Crippen LogP contribution in [0.3, 0.4) is 0 Å². The van der Waals surface area contributed by atoms with E-state index >= 15 is 0 Å². The maximum absolute atomic E-state index is 5.85. The summed E-state index contributed by atoms with van der Waals surface area (Å²) in [5, 5.41) is 3.04. The zero-order valence-electron chi connectivity index (χ0n) is 13.5. The van der Waals surface area contributed by atoms with Crippen molar-refractivity contribution in [1.29, 1.82) is 0 Å². The summed E-state index contributed by atoms with van der Waals surface area (Å²) in [6.07, 6.45) is 1.96. The first-order chi connectivity index (χ1) is 10.8. The molecule has 1 fully saturated rings. The predicted octanol–water partition coefficient (Wildman–Crippen LogP) is 2.48. The Hall–Kier alpha value is -1.06. The summed E-state index contributed by atoms with van der Waals surface area (Å²) in [4.78, 5) is 4.28. The molecule has 1 aromatic carbocycles. The minimum Gasteiger partial charge on any atom is -0.497 e. The van der Waals surface area contributed by atoms with Gasteiger partial charge in [0.25, 0.3) is 0 Å². The fourth-order valence-corrected chi connectivity index (χ4v) is 2.22. The number of benzene rings is 1. The predicted molar refractivity (Wildman–Crippen MR) is 103 cm³/mol. The molecule has 1 aliphatic rings. The van der Waals surface area contributed by atoms with Crippen LogP contribution in [0, 0.1) is 5.92 Å². The maximum Gasteiger partial charge on any atom is 0.193 e. The molecule has 23 heavy (non-hydrogen) atoms. The average molecular weight is 435 g/mol. The number of methoxy groups -OCH3 is 1. The number of nitrogens with two attached hydrogens (primary N) is 1. The topological polar surface area (TPSA) is 78.1 Å². The van der Waals surface area contributed by atoms with Crippen LogP contribution in [0.1, 0.15) is 12.8 Å². The van der Waals surface area contributed by atoms with Gasteiger partial charge in [0, 0.05) is 37.4 Å². The van der Waals surface area contributed by atoms with Crippen molar-refractivity contribution in [2.75, 3.05) is 45.4 Å². The number of guanidine groups is 1. The minimum atomic E-state index is 0. The van der Waals surface area contributed by atoms with Gasteiger partial charge in [0.1, 0.15) is 5.75 Å². The number of aliphatic imine (C=N–C) groups is 1. The Morgan fingerprint density at radius 3 is 3.09 bits per heavy atom. The van der Waals surface area contributed by atoms with Gasteiger partial charge in [0.2, 0.25) is 0 Å². The smallest absolute Gasteiger partial charge is 0.193 e. The summed E-state index contributed by atoms with van der Waals surface area (Å²) < 4.78 is 16.1. The summed E-state index contributed by atoms with van der Waals surface area (Å²) in [7, 11) is 1.63. The van der Waals surface area contributed by atoms with E-state index in [0.717, 1.165) is 44.1 Å². The van der Waals surface area contributed by atoms with Gasteiger partial charge >= 0.3 is 0 Å². The van der Waals surface area contributed by atoms with Crippen LogP contribution < -0.4 is 15.8 Å². The number of hydrogen-bond donors (Lipinski definition) is 2. The molecule has 1 saturated heterocycles. The van der Waals surface area contributed by atoms with Crippen LogP contribution in [0.4, 0.5) is 5.69 Å². The van der Waals surface area contributed by atoms with E-state index in [2.05, 4.69) is 10.3 Å². The Morgan fingerprint density at radius 1 is 1.48 bits per heavy atom. The van der Waals surface area contributed by atoms with Crippen LogP contribution in [-0.4, -0.2) is 46.0 Å². The van der Waals surface area contributed by atoms with E-state index in [1.807, 2.05) is 24.3 Å². The molecule has 1 aliphatic heterocycles. The summed E-state index contributed by atoms with van der Waals surface area (Å²) >= 11 is 0. The highest BCUT2D eigenvalue weighted by atomic mass is 127. The highest BCUT2D eigenvalue weighted by molar-refractivity contribution is 14.0. The Labute approximate surface area is 154 Å². The first-order valence-corrected chi connectivity index (χ1v) is 7.64. The van der Waals surface area contributed by atoms with E-state index in [-0.39, 0.29) is 24.0 Å². The number of nitrogens with zero attached hydrogens (tertiary/aromatic N) is 1. The van der Waals surface area contributed by atoms with Crippen LogP contribution in [0.5, 0.6) is 5.75 Å². The fourth-order valence-electron chi connectivity index (χ4n) is 2.22. The molecule has 0 spiro atoms. The summed E-state index contributed by atoms with van der Waals surface area (Å²) in [6, 6.07) is 7.56. The molecule has 0 bridgehead atoms. The lowest BCUT2D eigenvalue weighted by atomic mass is 10.1. The van der Waals surface area contributed by atoms with Gasteiger partial charge in [-0.1, -0.05) is 6.07 Å². The minimum absolute atomic E-state index is 0. The fraction of sp³-hybridized carbons (Fsp3) is 0.562. The van der Waals surface area contributed by atoms with Gasteiger partial charge in [0.15, 0.2) is 5.96 Å². The van der Waals surface area contributed by atoms with E-state index in [1.54, 1.807) is 7.11 Å². The lowest BCUT2D eigenvalue weighted by Crippen LogP contribution is -2.23. The van der Waals surface area contributed by atoms with Crippen molar-refractivity contribution < 1.29 is 14.2 Å². The standard InChI is InChI=1S/C16H25N3O3.HI/c1-20-15-5-2-4-14(10-15)19-16(17)18-7-3-8-21-11-13-6-9-22-12-13;/h2,4-5,10,13H,3,6-9,11-12H2,1H3,(H3,17,18,19);1H. The Kier molecular flexibility index (Phi) is 9.97. The van der Waals surface area contributed by atoms with Gasteiger partial charge in [0.05, 0.1) is 20.3 Å². The highest BCUT2D eigenvalue weighted by Crippen LogP contribution is 2.16. The molecule has 1 aromatic rings. The molecular formula is C16H26IN3O3. The van der Waals surface area contributed by atoms with Gasteiger partial charge in [-0.3, -0.25) is 4.99 Å². The van der Waals surface area contributed by atoms with Crippen molar-refractivity contribution in [3.05, 3.63) is 24.3 Å². The largest absolute Gasteiger partial charge is 0.497 e. The van der Waals surface area contributed by atoms with Crippen molar-refractivity contribution in [2.24, 2.45) is 16.6 Å². The molecule has 1 heterocycles. The molecule has 2 rings (SSSR count). The average Bonchev–Trinajstić information content (AvgIpc) is 3.04. The van der Waals surface area contributed by atoms with Gasteiger partial charge in [-0.25, -0.2) is 0 Å². The lowest BCUT2D eigenvalue weighted by molar-refractivity contribution is 0.0893. The van der Waals surface area contributed by atoms with Crippen molar-refractivity contribution in [3.63, 3.8) is 0 Å². The number of hydrogen-bond acceptors (Lipinski definition) is 4. The third-order valence-electron chi connectivity index (χ3n) is 3.45. The first kappa shape index (κ1) is 20.0. The van der Waals surface area contributed by atoms with Gasteiger partial charge < -0.3 is 25.3 Å². The second-order valence-electron chi connectivity index (χ2n) is 5.28. The Morgan fingerprint density at radius 2 is 2.35 bits per heavy atom. The monoisotopic (exact) mass is 435 g/mol. The van der Waals surface area contributed by atoms with Crippen LogP contribution in [0.2, 0.25) is 0 Å². The van der Waals surface area contributed by atoms with E-state index < -0.39 is 0 Å². The summed E-state index contributed by atoms with van der Waals surface area (Å²) in [5.41, 5.74) is 6.71. The molecule has 0 saturated carbocycles. The maximum atomic E-state index is 5.85. The summed E-state index contributed by atoms with van der Waals surface area (Å²) in [5.74, 6) is 1.74. The van der Waals surface area contributed by atoms with Crippen LogP contribution in [0.25, 0.3) is 0 Å². The molecular weight excluding hydrogens is 409 g/mol. The summed E-state index contributed by atoms with van der Waals surface area (Å²) in [6.45, 7) is 3.82. The third-order valence-corrected chi connectivity index (χ3v) is 3.45. The Balaban J connectivity index is 0.00000264. The second kappa shape index (κ2) is 11.5. The van der Waals surface area contributed by atoms with E-state index in [9.17, 15) is 0 Å². The number of halogens is 1. The normalized spacial score (nSPS) is 17.6. The Bertz CT molecular complexity index is 479. The molecule has 0 radical (unpaired) electrons. The van der Waals surface area contributed by atoms with Crippen molar-refractivity contribution >= 4 is 35.6 Å². The third kappa shape index (κ3) is 7.85. The van der Waals surface area contributed by atoms with E-state index in [0.29, 0.717) is 25.0 Å². The van der Waals surface area contributed by atoms with E-state index in [4.69, 9.17) is 19.9 Å². The number of ether oxygens (including phenoxy) is 3. The molecule has 1 unspecified atom stereocenters. The van der Waals surface area contributed by atoms with Gasteiger partial charge in [-0.2, -0.15) is 0 Å². The second-order valence-corrected chi connectivity index (χ2v) is 5.28. The van der Waals surface area contributed by atoms with Gasteiger partial charge in [-0.15, -0.1) is 24.0 Å². The molecule has 1 atom stereocenters. The zero-order chi connectivity index (χ0) is 15.6. The molecule has 7 heteroatoms. The zero-order valence-corrected chi connectivity index (χ0v) is 15.8. The number of nitrogens with one attached hydrogen (secondary N) is 1. The van der Waals surface area contributed by atoms with Crippen LogP contribution >= 0.6 is 24.0 Å². The molecule has 0 amide bonds. The van der Waals surface area contributed by atoms with Crippen molar-refractivity contribution in [2.45, 2.75) is 12.8 Å². The molecule has 130 valence electrons. The molecule has 0 aromatic heterocycles. The number of rotatable bonds is 8. The van der Waals surface area contributed by atoms with Crippen LogP contribution in [0.15, 0.2) is 29.3 Å². The first-order valence-electron chi connectivity index (χ1n) is 7.64. The molecule has 3 N–H and O–H groups in total. The van der Waals surface area contributed by atoms with E-state index in [1.165, 1.54) is 0 Å². The SMILES string of the molecule is COc1cccc(NC(N)=NCCCOCC2CCOC2)c1.I. The van der Waals surface area contributed by atoms with Crippen molar-refractivity contribution in [1.82, 2.24) is 0 Å². The lowest BCUT2D eigenvalue weighted by Gasteiger charge is -2.09. The highest BCUT2D eigenvalue weighted by Gasteiger charge is 2.14. The van der Waals surface area contributed by atoms with Gasteiger partial charge in [-0.05, 0) is 25.0 Å². The molecule has 0 aliphatic carbocycles.